The van der Waals surface area contributed by atoms with Crippen LogP contribution in [0.1, 0.15) is 181 Å². The zero-order valence-electron chi connectivity index (χ0n) is 38.2. The Morgan fingerprint density at radius 2 is 0.733 bits per heavy atom. The molecule has 0 aliphatic heterocycles. The third-order valence-corrected chi connectivity index (χ3v) is 9.37. The van der Waals surface area contributed by atoms with Gasteiger partial charge < -0.3 is 14.2 Å². The van der Waals surface area contributed by atoms with Gasteiger partial charge in [-0.3, -0.25) is 14.4 Å². The van der Waals surface area contributed by atoms with E-state index in [-0.39, 0.29) is 37.5 Å². The number of ether oxygens (including phenoxy) is 3. The molecule has 0 aliphatic carbocycles. The van der Waals surface area contributed by atoms with Crippen molar-refractivity contribution in [3.05, 3.63) is 122 Å². The van der Waals surface area contributed by atoms with Crippen molar-refractivity contribution in [2.45, 2.75) is 187 Å². The average molecular weight is 829 g/mol. The van der Waals surface area contributed by atoms with Crippen molar-refractivity contribution in [3.8, 4) is 0 Å². The largest absolute Gasteiger partial charge is 0.462 e. The van der Waals surface area contributed by atoms with Gasteiger partial charge in [-0.05, 0) is 89.9 Å². The molecule has 6 nitrogen and oxygen atoms in total. The van der Waals surface area contributed by atoms with Crippen molar-refractivity contribution in [2.75, 3.05) is 13.2 Å². The van der Waals surface area contributed by atoms with Crippen LogP contribution in [0.3, 0.4) is 0 Å². The van der Waals surface area contributed by atoms with E-state index in [4.69, 9.17) is 14.2 Å². The highest BCUT2D eigenvalue weighted by molar-refractivity contribution is 5.71. The first kappa shape index (κ1) is 55.8. The SMILES string of the molecule is CC\C=C/C=C\C=C/C=C\C=C\C=C/CCCCCC(=O)OCC(COC(=O)CCCC/C=C\C/C=C\CC)OC(=O)CCCCC/C=C\C=C/CCCCCCCCC. The second-order valence-electron chi connectivity index (χ2n) is 15.1. The minimum absolute atomic E-state index is 0.125. The van der Waals surface area contributed by atoms with E-state index in [1.165, 1.54) is 44.9 Å². The van der Waals surface area contributed by atoms with Crippen molar-refractivity contribution < 1.29 is 28.6 Å². The van der Waals surface area contributed by atoms with Crippen LogP contribution in [0.5, 0.6) is 0 Å². The summed E-state index contributed by atoms with van der Waals surface area (Å²) in [5.41, 5.74) is 0. The van der Waals surface area contributed by atoms with Gasteiger partial charge >= 0.3 is 17.9 Å². The molecule has 1 atom stereocenters. The molecule has 60 heavy (non-hydrogen) atoms. The van der Waals surface area contributed by atoms with E-state index in [0.717, 1.165) is 89.9 Å². The minimum atomic E-state index is -0.825. The summed E-state index contributed by atoms with van der Waals surface area (Å²) in [7, 11) is 0. The van der Waals surface area contributed by atoms with E-state index in [1.807, 2.05) is 60.8 Å². The van der Waals surface area contributed by atoms with Crippen LogP contribution in [0.25, 0.3) is 0 Å². The van der Waals surface area contributed by atoms with Gasteiger partial charge in [-0.2, -0.15) is 0 Å². The smallest absolute Gasteiger partial charge is 0.306 e. The third kappa shape index (κ3) is 44.9. The fourth-order valence-corrected chi connectivity index (χ4v) is 5.85. The molecule has 1 unspecified atom stereocenters. The molecule has 0 saturated heterocycles. The molecule has 0 aromatic carbocycles. The summed E-state index contributed by atoms with van der Waals surface area (Å²) in [5, 5.41) is 0. The molecule has 0 aromatic rings. The molecule has 0 radical (unpaired) electrons. The van der Waals surface area contributed by atoms with Crippen LogP contribution >= 0.6 is 0 Å². The molecule has 6 heteroatoms. The van der Waals surface area contributed by atoms with E-state index in [9.17, 15) is 14.4 Å². The molecule has 0 saturated carbocycles. The molecule has 0 rings (SSSR count). The van der Waals surface area contributed by atoms with E-state index in [0.29, 0.717) is 19.3 Å². The Balaban J connectivity index is 4.54. The zero-order chi connectivity index (χ0) is 43.7. The van der Waals surface area contributed by atoms with E-state index in [2.05, 4.69) is 81.5 Å². The Morgan fingerprint density at radius 3 is 1.25 bits per heavy atom. The molecule has 0 fully saturated rings. The Hall–Kier alpha value is -4.19. The molecule has 0 spiro atoms. The number of allylic oxidation sites excluding steroid dienone is 20. The van der Waals surface area contributed by atoms with Crippen molar-refractivity contribution in [3.63, 3.8) is 0 Å². The monoisotopic (exact) mass is 829 g/mol. The molecule has 0 amide bonds. The molecule has 0 aliphatic rings. The van der Waals surface area contributed by atoms with E-state index < -0.39 is 6.10 Å². The molecule has 336 valence electrons. The summed E-state index contributed by atoms with van der Waals surface area (Å²) in [6, 6.07) is 0. The number of hydrogen-bond donors (Lipinski definition) is 0. The standard InChI is InChI=1S/C54H84O6/c1-4-7-10-13-16-19-21-23-25-27-29-30-32-35-38-41-44-47-53(56)59-50-51(49-58-52(55)46-43-40-37-34-18-15-12-9-6-3)60-54(57)48-45-42-39-36-33-31-28-26-24-22-20-17-14-11-8-5-2/h7,9-10,12-13,16,18-19,21,23,25-34,51H,4-6,8,11,14-15,17,20,22,24,35-50H2,1-3H3/b10-7-,12-9-,16-13-,21-19-,25-23-,28-26-,29-27+,32-30-,33-31-,34-18-. The van der Waals surface area contributed by atoms with Crippen LogP contribution < -0.4 is 0 Å². The van der Waals surface area contributed by atoms with Crippen LogP contribution in [0.2, 0.25) is 0 Å². The first-order valence-electron chi connectivity index (χ1n) is 23.6. The van der Waals surface area contributed by atoms with E-state index in [1.54, 1.807) is 0 Å². The van der Waals surface area contributed by atoms with Gasteiger partial charge in [0.05, 0.1) is 0 Å². The Bertz CT molecular complexity index is 1320. The van der Waals surface area contributed by atoms with Crippen molar-refractivity contribution >= 4 is 17.9 Å². The lowest BCUT2D eigenvalue weighted by Gasteiger charge is -2.18. The van der Waals surface area contributed by atoms with Gasteiger partial charge in [0.15, 0.2) is 6.10 Å². The Kier molecular flexibility index (Phi) is 44.2. The number of hydrogen-bond acceptors (Lipinski definition) is 6. The zero-order valence-corrected chi connectivity index (χ0v) is 38.2. The minimum Gasteiger partial charge on any atom is -0.462 e. The lowest BCUT2D eigenvalue weighted by Crippen LogP contribution is -2.30. The summed E-state index contributed by atoms with van der Waals surface area (Å²) in [6.07, 6.45) is 64.8. The Labute approximate surface area is 367 Å². The number of carbonyl (C=O) groups is 3. The van der Waals surface area contributed by atoms with Gasteiger partial charge in [0.1, 0.15) is 13.2 Å². The highest BCUT2D eigenvalue weighted by Gasteiger charge is 2.19. The Morgan fingerprint density at radius 1 is 0.367 bits per heavy atom. The highest BCUT2D eigenvalue weighted by Crippen LogP contribution is 2.11. The van der Waals surface area contributed by atoms with Crippen molar-refractivity contribution in [1.82, 2.24) is 0 Å². The van der Waals surface area contributed by atoms with Crippen LogP contribution in [0, 0.1) is 0 Å². The molecular formula is C54H84O6. The first-order chi connectivity index (χ1) is 29.5. The molecule has 0 heterocycles. The lowest BCUT2D eigenvalue weighted by molar-refractivity contribution is -0.167. The number of carbonyl (C=O) groups excluding carboxylic acids is 3. The van der Waals surface area contributed by atoms with Gasteiger partial charge in [0.25, 0.3) is 0 Å². The quantitative estimate of drug-likeness (QED) is 0.0201. The topological polar surface area (TPSA) is 78.9 Å². The third-order valence-electron chi connectivity index (χ3n) is 9.37. The fourth-order valence-electron chi connectivity index (χ4n) is 5.85. The van der Waals surface area contributed by atoms with Gasteiger partial charge in [0, 0.05) is 19.3 Å². The molecule has 0 N–H and O–H groups in total. The maximum atomic E-state index is 12.7. The van der Waals surface area contributed by atoms with Gasteiger partial charge in [0.2, 0.25) is 0 Å². The van der Waals surface area contributed by atoms with E-state index >= 15 is 0 Å². The number of unbranched alkanes of at least 4 members (excludes halogenated alkanes) is 15. The van der Waals surface area contributed by atoms with Gasteiger partial charge in [-0.1, -0.05) is 194 Å². The van der Waals surface area contributed by atoms with Crippen molar-refractivity contribution in [2.24, 2.45) is 0 Å². The van der Waals surface area contributed by atoms with Crippen LogP contribution in [0.15, 0.2) is 122 Å². The normalized spacial score (nSPS) is 13.2. The summed E-state index contributed by atoms with van der Waals surface area (Å²) in [4.78, 5) is 37.8. The molecule has 0 bridgehead atoms. The predicted molar refractivity (Wildman–Crippen MR) is 256 cm³/mol. The fraction of sp³-hybridized carbons (Fsp3) is 0.574. The van der Waals surface area contributed by atoms with Gasteiger partial charge in [-0.25, -0.2) is 0 Å². The van der Waals surface area contributed by atoms with Crippen LogP contribution in [0.4, 0.5) is 0 Å². The second kappa shape index (κ2) is 47.5. The number of esters is 3. The first-order valence-corrected chi connectivity index (χ1v) is 23.6. The predicted octanol–water partition coefficient (Wildman–Crippen LogP) is 15.4. The summed E-state index contributed by atoms with van der Waals surface area (Å²) in [5.74, 6) is -1.04. The average Bonchev–Trinajstić information content (AvgIpc) is 3.24. The summed E-state index contributed by atoms with van der Waals surface area (Å²) in [6.45, 7) is 6.24. The summed E-state index contributed by atoms with van der Waals surface area (Å²) < 4.78 is 16.6. The van der Waals surface area contributed by atoms with Crippen molar-refractivity contribution in [1.29, 1.82) is 0 Å². The maximum absolute atomic E-state index is 12.7. The van der Waals surface area contributed by atoms with Crippen LogP contribution in [-0.4, -0.2) is 37.2 Å². The second-order valence-corrected chi connectivity index (χ2v) is 15.1. The highest BCUT2D eigenvalue weighted by atomic mass is 16.6. The summed E-state index contributed by atoms with van der Waals surface area (Å²) >= 11 is 0. The molecular weight excluding hydrogens is 745 g/mol. The van der Waals surface area contributed by atoms with Crippen LogP contribution in [-0.2, 0) is 28.6 Å². The number of rotatable bonds is 40. The maximum Gasteiger partial charge on any atom is 0.306 e. The lowest BCUT2D eigenvalue weighted by atomic mass is 10.1. The molecule has 0 aromatic heterocycles. The van der Waals surface area contributed by atoms with Gasteiger partial charge in [-0.15, -0.1) is 0 Å².